The predicted octanol–water partition coefficient (Wildman–Crippen LogP) is -2.48. The molecule has 1 aliphatic heterocycles. The molecule has 1 fully saturated rings. The Hall–Kier alpha value is -0.140. The van der Waals surface area contributed by atoms with E-state index in [9.17, 15) is 19.9 Å². The first-order valence-corrected chi connectivity index (χ1v) is 5.23. The van der Waals surface area contributed by atoms with Gasteiger partial charge in [0.2, 0.25) is 0 Å². The number of ether oxygens (including phenoxy) is 1. The first-order chi connectivity index (χ1) is 6.49. The van der Waals surface area contributed by atoms with Gasteiger partial charge in [-0.25, -0.2) is 0 Å². The minimum absolute atomic E-state index is 0.607. The van der Waals surface area contributed by atoms with Crippen molar-refractivity contribution >= 4 is 8.03 Å². The summed E-state index contributed by atoms with van der Waals surface area (Å²) in [6.07, 6.45) is -5.87. The maximum atomic E-state index is 10.7. The molecular weight excluding hydrogens is 215 g/mol. The van der Waals surface area contributed by atoms with Crippen molar-refractivity contribution in [3.05, 3.63) is 0 Å². The summed E-state index contributed by atoms with van der Waals surface area (Å²) in [5.74, 6) is -1.49. The van der Waals surface area contributed by atoms with Gasteiger partial charge in [0.05, 0.1) is 6.61 Å². The zero-order valence-corrected chi connectivity index (χ0v) is 7.99. The van der Waals surface area contributed by atoms with Crippen LogP contribution in [0.2, 0.25) is 0 Å². The number of hydrogen-bond acceptors (Lipinski definition) is 6. The third kappa shape index (κ3) is 2.09. The van der Waals surface area contributed by atoms with E-state index in [4.69, 9.17) is 14.7 Å². The maximum absolute atomic E-state index is 10.7. The molecule has 14 heavy (non-hydrogen) atoms. The molecule has 0 aromatic carbocycles. The Balaban J connectivity index is 2.78. The molecule has 0 spiro atoms. The minimum atomic E-state index is -2.84. The standard InChI is InChI=1S/C6H11O7P/c7-1-2-3(8)4(9)5(10)6(13-2)14(11)12/h2-10H,1H2/p+1/t2-,3+,4+,5-,6-/m1/s1. The van der Waals surface area contributed by atoms with Crippen molar-refractivity contribution in [2.45, 2.75) is 30.3 Å². The van der Waals surface area contributed by atoms with Crippen LogP contribution in [0.5, 0.6) is 0 Å². The largest absolute Gasteiger partial charge is 0.540 e. The Kier molecular flexibility index (Phi) is 3.91. The van der Waals surface area contributed by atoms with Gasteiger partial charge in [0.25, 0.3) is 0 Å². The van der Waals surface area contributed by atoms with Gasteiger partial charge >= 0.3 is 13.9 Å². The molecule has 0 aliphatic carbocycles. The summed E-state index contributed by atoms with van der Waals surface area (Å²) in [4.78, 5) is 8.71. The molecule has 1 saturated heterocycles. The van der Waals surface area contributed by atoms with Crippen LogP contribution in [0.4, 0.5) is 0 Å². The highest BCUT2D eigenvalue weighted by atomic mass is 31.1. The second-order valence-corrected chi connectivity index (χ2v) is 4.14. The Bertz CT molecular complexity index is 220. The van der Waals surface area contributed by atoms with Crippen molar-refractivity contribution in [1.29, 1.82) is 0 Å². The van der Waals surface area contributed by atoms with Crippen LogP contribution in [-0.2, 0) is 9.30 Å². The lowest BCUT2D eigenvalue weighted by Gasteiger charge is -2.34. The summed E-state index contributed by atoms with van der Waals surface area (Å²) in [6, 6.07) is 0. The van der Waals surface area contributed by atoms with Crippen LogP contribution in [0.1, 0.15) is 0 Å². The van der Waals surface area contributed by atoms with Crippen LogP contribution >= 0.6 is 8.03 Å². The molecule has 0 aromatic rings. The fourth-order valence-electron chi connectivity index (χ4n) is 1.26. The summed E-state index contributed by atoms with van der Waals surface area (Å²) in [7, 11) is -2.84. The molecule has 5 N–H and O–H groups in total. The Morgan fingerprint density at radius 1 is 1.14 bits per heavy atom. The van der Waals surface area contributed by atoms with Crippen molar-refractivity contribution in [2.24, 2.45) is 0 Å². The minimum Gasteiger partial charge on any atom is -0.394 e. The van der Waals surface area contributed by atoms with E-state index < -0.39 is 44.9 Å². The van der Waals surface area contributed by atoms with Crippen molar-refractivity contribution < 1.29 is 34.6 Å². The summed E-state index contributed by atoms with van der Waals surface area (Å²) >= 11 is 0. The van der Waals surface area contributed by atoms with Crippen LogP contribution in [0, 0.1) is 0 Å². The summed E-state index contributed by atoms with van der Waals surface area (Å²) < 4.78 is 15.4. The molecule has 6 atom stereocenters. The van der Waals surface area contributed by atoms with Gasteiger partial charge in [-0.15, -0.1) is 0 Å². The topological polar surface area (TPSA) is 127 Å². The number of aliphatic hydroxyl groups excluding tert-OH is 4. The second-order valence-electron chi connectivity index (χ2n) is 3.02. The van der Waals surface area contributed by atoms with Gasteiger partial charge in [0, 0.05) is 0 Å². The van der Waals surface area contributed by atoms with Crippen LogP contribution < -0.4 is 0 Å². The summed E-state index contributed by atoms with van der Waals surface area (Å²) in [5, 5.41) is 36.4. The zero-order valence-electron chi connectivity index (χ0n) is 7.09. The molecule has 0 amide bonds. The smallest absolute Gasteiger partial charge is 0.394 e. The second kappa shape index (κ2) is 4.59. The van der Waals surface area contributed by atoms with E-state index in [1.165, 1.54) is 0 Å². The number of aliphatic hydroxyl groups is 4. The maximum Gasteiger partial charge on any atom is 0.540 e. The molecular formula is C6H12O7P+. The highest BCUT2D eigenvalue weighted by Crippen LogP contribution is 2.34. The molecule has 8 heteroatoms. The van der Waals surface area contributed by atoms with Gasteiger partial charge in [-0.05, 0) is 4.57 Å². The third-order valence-corrected chi connectivity index (χ3v) is 2.95. The van der Waals surface area contributed by atoms with Crippen molar-refractivity contribution in [2.75, 3.05) is 6.61 Å². The molecule has 1 unspecified atom stereocenters. The van der Waals surface area contributed by atoms with Crippen molar-refractivity contribution in [3.8, 4) is 0 Å². The molecule has 1 heterocycles. The Morgan fingerprint density at radius 2 is 1.71 bits per heavy atom. The van der Waals surface area contributed by atoms with Crippen LogP contribution in [0.25, 0.3) is 0 Å². The number of rotatable bonds is 2. The number of hydrogen-bond donors (Lipinski definition) is 5. The molecule has 82 valence electrons. The van der Waals surface area contributed by atoms with Gasteiger partial charge in [0.1, 0.15) is 18.3 Å². The molecule has 0 aromatic heterocycles. The van der Waals surface area contributed by atoms with E-state index >= 15 is 0 Å². The molecule has 7 nitrogen and oxygen atoms in total. The summed E-state index contributed by atoms with van der Waals surface area (Å²) in [6.45, 7) is -0.607. The first kappa shape index (κ1) is 11.9. The highest BCUT2D eigenvalue weighted by molar-refractivity contribution is 7.38. The SMILES string of the molecule is O=[P+](O)[C@H]1O[C@H](CO)[C@H](O)[C@H](O)[C@H]1O. The molecule has 0 bridgehead atoms. The molecule has 1 aliphatic rings. The van der Waals surface area contributed by atoms with Crippen molar-refractivity contribution in [1.82, 2.24) is 0 Å². The average molecular weight is 227 g/mol. The first-order valence-electron chi connectivity index (χ1n) is 3.94. The van der Waals surface area contributed by atoms with E-state index in [0.717, 1.165) is 0 Å². The van der Waals surface area contributed by atoms with E-state index in [1.807, 2.05) is 0 Å². The molecule has 0 radical (unpaired) electrons. The average Bonchev–Trinajstić information content (AvgIpc) is 2.14. The zero-order chi connectivity index (χ0) is 10.9. The Morgan fingerprint density at radius 3 is 2.14 bits per heavy atom. The lowest BCUT2D eigenvalue weighted by atomic mass is 10.0. The van der Waals surface area contributed by atoms with Crippen molar-refractivity contribution in [3.63, 3.8) is 0 Å². The van der Waals surface area contributed by atoms with E-state index in [-0.39, 0.29) is 0 Å². The summed E-state index contributed by atoms with van der Waals surface area (Å²) in [5.41, 5.74) is 0. The highest BCUT2D eigenvalue weighted by Gasteiger charge is 2.52. The van der Waals surface area contributed by atoms with E-state index in [0.29, 0.717) is 0 Å². The fourth-order valence-corrected chi connectivity index (χ4v) is 1.96. The van der Waals surface area contributed by atoms with Gasteiger partial charge < -0.3 is 25.2 Å². The van der Waals surface area contributed by atoms with Crippen LogP contribution in [0.15, 0.2) is 0 Å². The van der Waals surface area contributed by atoms with Gasteiger partial charge in [-0.2, -0.15) is 4.89 Å². The monoisotopic (exact) mass is 227 g/mol. The van der Waals surface area contributed by atoms with E-state index in [2.05, 4.69) is 0 Å². The quantitative estimate of drug-likeness (QED) is 0.330. The third-order valence-electron chi connectivity index (χ3n) is 2.08. The van der Waals surface area contributed by atoms with Gasteiger partial charge in [-0.1, -0.05) is 0 Å². The van der Waals surface area contributed by atoms with Crippen LogP contribution in [0.3, 0.4) is 0 Å². The molecule has 0 saturated carbocycles. The molecule has 1 rings (SSSR count). The normalized spacial score (nSPS) is 44.9. The fraction of sp³-hybridized carbons (Fsp3) is 1.00. The Labute approximate surface area is 80.4 Å². The lowest BCUT2D eigenvalue weighted by molar-refractivity contribution is -0.208. The van der Waals surface area contributed by atoms with Crippen LogP contribution in [-0.4, -0.2) is 62.2 Å². The predicted molar refractivity (Wildman–Crippen MR) is 43.6 cm³/mol. The van der Waals surface area contributed by atoms with Gasteiger partial charge in [0.15, 0.2) is 6.10 Å². The van der Waals surface area contributed by atoms with Gasteiger partial charge in [-0.3, -0.25) is 0 Å². The lowest BCUT2D eigenvalue weighted by Crippen LogP contribution is -2.57. The van der Waals surface area contributed by atoms with E-state index in [1.54, 1.807) is 0 Å².